The minimum Gasteiger partial charge on any atom is -0.376 e. The largest absolute Gasteiger partial charge is 0.405 e. The molecule has 180 valence electrons. The first kappa shape index (κ1) is 22.9. The lowest BCUT2D eigenvalue weighted by Gasteiger charge is -2.25. The third-order valence-corrected chi connectivity index (χ3v) is 5.34. The fourth-order valence-corrected chi connectivity index (χ4v) is 3.81. The van der Waals surface area contributed by atoms with Gasteiger partial charge in [0, 0.05) is 19.7 Å². The van der Waals surface area contributed by atoms with Gasteiger partial charge in [0.25, 0.3) is 5.95 Å². The number of nitrogens with one attached hydrogen (secondary N) is 2. The van der Waals surface area contributed by atoms with Crippen LogP contribution in [-0.4, -0.2) is 75.2 Å². The van der Waals surface area contributed by atoms with Gasteiger partial charge in [-0.05, 0) is 25.7 Å². The zero-order valence-electron chi connectivity index (χ0n) is 17.5. The third kappa shape index (κ3) is 5.40. The van der Waals surface area contributed by atoms with E-state index < -0.39 is 30.5 Å². The molecule has 0 bridgehead atoms. The van der Waals surface area contributed by atoms with E-state index >= 15 is 0 Å². The van der Waals surface area contributed by atoms with Gasteiger partial charge in [0.2, 0.25) is 17.8 Å². The third-order valence-electron chi connectivity index (χ3n) is 5.34. The van der Waals surface area contributed by atoms with E-state index in [0.29, 0.717) is 19.6 Å². The quantitative estimate of drug-likeness (QED) is 0.504. The number of rotatable bonds is 7. The normalized spacial score (nSPS) is 20.9. The summed E-state index contributed by atoms with van der Waals surface area (Å²) in [7, 11) is 0. The molecule has 4 heterocycles. The summed E-state index contributed by atoms with van der Waals surface area (Å²) in [6, 6.07) is -0.999. The molecule has 11 nitrogen and oxygen atoms in total. The first-order valence-corrected chi connectivity index (χ1v) is 10.4. The van der Waals surface area contributed by atoms with Gasteiger partial charge >= 0.3 is 6.18 Å². The number of amides is 1. The van der Waals surface area contributed by atoms with Crippen LogP contribution in [0.2, 0.25) is 0 Å². The lowest BCUT2D eigenvalue weighted by atomic mass is 10.2. The van der Waals surface area contributed by atoms with Crippen molar-refractivity contribution in [3.05, 3.63) is 12.0 Å². The van der Waals surface area contributed by atoms with Crippen LogP contribution in [0.3, 0.4) is 0 Å². The molecule has 2 aliphatic heterocycles. The monoisotopic (exact) mass is 473 g/mol. The average molecular weight is 473 g/mol. The number of alkyl halides is 3. The summed E-state index contributed by atoms with van der Waals surface area (Å²) in [5.74, 6) is -1.85. The average Bonchev–Trinajstić information content (AvgIpc) is 3.51. The molecule has 0 spiro atoms. The first-order chi connectivity index (χ1) is 15.7. The van der Waals surface area contributed by atoms with Gasteiger partial charge in [-0.2, -0.15) is 27.8 Å². The summed E-state index contributed by atoms with van der Waals surface area (Å²) in [6.45, 7) is -0.0426. The molecule has 2 atom stereocenters. The molecule has 2 aromatic heterocycles. The molecule has 33 heavy (non-hydrogen) atoms. The Morgan fingerprint density at radius 1 is 1.27 bits per heavy atom. The highest BCUT2D eigenvalue weighted by Crippen LogP contribution is 2.27. The Labute approximate surface area is 185 Å². The molecule has 4 N–H and O–H groups in total. The van der Waals surface area contributed by atoms with E-state index in [1.54, 1.807) is 0 Å². The fraction of sp³-hybridized carbons (Fsp3) is 0.611. The van der Waals surface area contributed by atoms with Crippen LogP contribution in [0.15, 0.2) is 6.20 Å². The predicted molar refractivity (Wildman–Crippen MR) is 108 cm³/mol. The molecule has 2 saturated heterocycles. The highest BCUT2D eigenvalue weighted by molar-refractivity contribution is 5.85. The highest BCUT2D eigenvalue weighted by Gasteiger charge is 2.36. The van der Waals surface area contributed by atoms with Crippen molar-refractivity contribution in [2.45, 2.75) is 44.0 Å². The number of hydrogen-bond acceptors (Lipinski definition) is 9. The van der Waals surface area contributed by atoms with E-state index in [-0.39, 0.29) is 42.7 Å². The lowest BCUT2D eigenvalue weighted by molar-refractivity contribution is -0.139. The van der Waals surface area contributed by atoms with E-state index in [0.717, 1.165) is 23.7 Å². The van der Waals surface area contributed by atoms with Crippen molar-refractivity contribution in [2.24, 2.45) is 0 Å². The summed E-state index contributed by atoms with van der Waals surface area (Å²) >= 11 is 0. The van der Waals surface area contributed by atoms with Crippen molar-refractivity contribution in [2.75, 3.05) is 42.2 Å². The SMILES string of the molecule is Nc1nc(NCC2CCCO2)nn1-c1ncc(F)c(N2CCC[C@@H]2C(=O)NCC(F)(F)F)n1. The zero-order valence-corrected chi connectivity index (χ0v) is 17.5. The van der Waals surface area contributed by atoms with Crippen molar-refractivity contribution in [1.82, 2.24) is 30.0 Å². The molecule has 2 aromatic rings. The molecule has 4 rings (SSSR count). The molecular weight excluding hydrogens is 450 g/mol. The summed E-state index contributed by atoms with van der Waals surface area (Å²) < 4.78 is 58.6. The molecule has 1 unspecified atom stereocenters. The second-order valence-electron chi connectivity index (χ2n) is 7.75. The van der Waals surface area contributed by atoms with Crippen LogP contribution in [0.25, 0.3) is 5.95 Å². The van der Waals surface area contributed by atoms with Gasteiger partial charge in [-0.15, -0.1) is 5.10 Å². The van der Waals surface area contributed by atoms with E-state index in [9.17, 15) is 22.4 Å². The van der Waals surface area contributed by atoms with E-state index in [1.807, 2.05) is 5.32 Å². The number of carbonyl (C=O) groups excluding carboxylic acids is 1. The fourth-order valence-electron chi connectivity index (χ4n) is 3.81. The molecule has 0 radical (unpaired) electrons. The van der Waals surface area contributed by atoms with Crippen LogP contribution >= 0.6 is 0 Å². The van der Waals surface area contributed by atoms with Gasteiger partial charge < -0.3 is 26.0 Å². The zero-order chi connectivity index (χ0) is 23.6. The molecule has 15 heteroatoms. The van der Waals surface area contributed by atoms with E-state index in [2.05, 4.69) is 25.4 Å². The number of nitrogen functional groups attached to an aromatic ring is 1. The van der Waals surface area contributed by atoms with Gasteiger partial charge in [-0.1, -0.05) is 0 Å². The maximum absolute atomic E-state index is 14.6. The van der Waals surface area contributed by atoms with Crippen LogP contribution in [0.5, 0.6) is 0 Å². The van der Waals surface area contributed by atoms with E-state index in [1.165, 1.54) is 4.90 Å². The van der Waals surface area contributed by atoms with Crippen LogP contribution in [-0.2, 0) is 9.53 Å². The van der Waals surface area contributed by atoms with Crippen molar-refractivity contribution in [3.63, 3.8) is 0 Å². The van der Waals surface area contributed by atoms with E-state index in [4.69, 9.17) is 10.5 Å². The maximum atomic E-state index is 14.6. The molecule has 0 aliphatic carbocycles. The van der Waals surface area contributed by atoms with Gasteiger partial charge in [0.1, 0.15) is 12.6 Å². The van der Waals surface area contributed by atoms with Crippen molar-refractivity contribution in [3.8, 4) is 5.95 Å². The Morgan fingerprint density at radius 3 is 2.82 bits per heavy atom. The number of ether oxygens (including phenoxy) is 1. The minimum atomic E-state index is -4.55. The number of aromatic nitrogens is 5. The maximum Gasteiger partial charge on any atom is 0.405 e. The van der Waals surface area contributed by atoms with Gasteiger partial charge in [0.05, 0.1) is 12.3 Å². The first-order valence-electron chi connectivity index (χ1n) is 10.4. The molecule has 1 amide bonds. The summed E-state index contributed by atoms with van der Waals surface area (Å²) in [5.41, 5.74) is 5.91. The molecular formula is C18H23F4N9O2. The number of nitrogens with zero attached hydrogens (tertiary/aromatic N) is 6. The Kier molecular flexibility index (Phi) is 6.49. The lowest BCUT2D eigenvalue weighted by Crippen LogP contribution is -2.46. The number of anilines is 3. The molecule has 0 saturated carbocycles. The van der Waals surface area contributed by atoms with Crippen LogP contribution in [0.1, 0.15) is 25.7 Å². The second-order valence-corrected chi connectivity index (χ2v) is 7.75. The number of hydrogen-bond donors (Lipinski definition) is 3. The number of nitrogens with two attached hydrogens (primary N) is 1. The number of carbonyl (C=O) groups is 1. The minimum absolute atomic E-state index is 0.0439. The van der Waals surface area contributed by atoms with Gasteiger partial charge in [-0.3, -0.25) is 4.79 Å². The van der Waals surface area contributed by atoms with Crippen LogP contribution in [0.4, 0.5) is 35.3 Å². The van der Waals surface area contributed by atoms with Crippen LogP contribution in [0, 0.1) is 5.82 Å². The summed E-state index contributed by atoms with van der Waals surface area (Å²) in [5, 5.41) is 9.05. The summed E-state index contributed by atoms with van der Waals surface area (Å²) in [4.78, 5) is 25.7. The standard InChI is InChI=1S/C18H23F4N9O2/c19-11-8-25-17(31-15(23)28-16(29-31)24-7-10-3-2-6-33-10)27-13(11)30-5-1-4-12(30)14(32)26-9-18(20,21)22/h8,10,12H,1-7,9H2,(H,26,32)(H3,23,24,28,29)/t10?,12-/m1/s1. The second kappa shape index (κ2) is 9.33. The topological polar surface area (TPSA) is 136 Å². The smallest absolute Gasteiger partial charge is 0.376 e. The van der Waals surface area contributed by atoms with Crippen molar-refractivity contribution >= 4 is 23.6 Å². The molecule has 2 fully saturated rings. The summed E-state index contributed by atoms with van der Waals surface area (Å²) in [6.07, 6.45) is -0.984. The predicted octanol–water partition coefficient (Wildman–Crippen LogP) is 1.02. The Hall–Kier alpha value is -3.23. The Balaban J connectivity index is 1.51. The Bertz CT molecular complexity index is 994. The number of halogens is 4. The highest BCUT2D eigenvalue weighted by atomic mass is 19.4. The van der Waals surface area contributed by atoms with Crippen molar-refractivity contribution in [1.29, 1.82) is 0 Å². The van der Waals surface area contributed by atoms with Crippen molar-refractivity contribution < 1.29 is 27.1 Å². The van der Waals surface area contributed by atoms with Gasteiger partial charge in [-0.25, -0.2) is 9.37 Å². The molecule has 0 aromatic carbocycles. The van der Waals surface area contributed by atoms with Gasteiger partial charge in [0.15, 0.2) is 11.6 Å². The Morgan fingerprint density at radius 2 is 2.09 bits per heavy atom. The molecule has 2 aliphatic rings. The van der Waals surface area contributed by atoms with Crippen LogP contribution < -0.4 is 21.3 Å².